The second-order valence-corrected chi connectivity index (χ2v) is 7.93. The number of fused-ring (bicyclic) bond motifs is 2. The van der Waals surface area contributed by atoms with Crippen LogP contribution >= 0.6 is 24.0 Å². The molecule has 0 spiro atoms. The van der Waals surface area contributed by atoms with E-state index in [4.69, 9.17) is 9.73 Å². The second kappa shape index (κ2) is 7.43. The average Bonchev–Trinajstić information content (AvgIpc) is 3.05. The molecule has 25 heavy (non-hydrogen) atoms. The summed E-state index contributed by atoms with van der Waals surface area (Å²) in [5, 5.41) is 3.81. The molecule has 2 heterocycles. The van der Waals surface area contributed by atoms with E-state index in [0.29, 0.717) is 18.1 Å². The van der Waals surface area contributed by atoms with E-state index >= 15 is 0 Å². The van der Waals surface area contributed by atoms with Gasteiger partial charge in [-0.05, 0) is 30.9 Å². The zero-order valence-corrected chi connectivity index (χ0v) is 17.8. The van der Waals surface area contributed by atoms with Gasteiger partial charge in [0.15, 0.2) is 5.96 Å². The molecule has 4 nitrogen and oxygen atoms in total. The molecule has 0 radical (unpaired) electrons. The van der Waals surface area contributed by atoms with Gasteiger partial charge >= 0.3 is 0 Å². The molecular weight excluding hydrogens is 425 g/mol. The number of nitrogens with zero attached hydrogens (tertiary/aromatic N) is 2. The molecule has 1 N–H and O–H groups in total. The third-order valence-electron chi connectivity index (χ3n) is 6.12. The normalized spacial score (nSPS) is 30.0. The number of halogens is 1. The maximum absolute atomic E-state index is 5.94. The summed E-state index contributed by atoms with van der Waals surface area (Å²) in [7, 11) is 0. The minimum Gasteiger partial charge on any atom is -0.377 e. The molecule has 2 aliphatic heterocycles. The number of ether oxygens (including phenoxy) is 1. The van der Waals surface area contributed by atoms with E-state index in [9.17, 15) is 0 Å². The molecule has 5 heteroatoms. The van der Waals surface area contributed by atoms with Gasteiger partial charge in [-0.25, -0.2) is 0 Å². The number of guanidine groups is 1. The van der Waals surface area contributed by atoms with Gasteiger partial charge < -0.3 is 15.0 Å². The van der Waals surface area contributed by atoms with Crippen LogP contribution in [0.2, 0.25) is 0 Å². The van der Waals surface area contributed by atoms with Crippen LogP contribution in [0.5, 0.6) is 0 Å². The lowest BCUT2D eigenvalue weighted by Gasteiger charge is -2.55. The van der Waals surface area contributed by atoms with Crippen molar-refractivity contribution in [2.24, 2.45) is 16.3 Å². The molecule has 1 aromatic carbocycles. The average molecular weight is 455 g/mol. The Kier molecular flexibility index (Phi) is 5.63. The predicted octanol–water partition coefficient (Wildman–Crippen LogP) is 3.44. The quantitative estimate of drug-likeness (QED) is 0.422. The van der Waals surface area contributed by atoms with Crippen LogP contribution in [0, 0.1) is 11.3 Å². The zero-order chi connectivity index (χ0) is 16.7. The summed E-state index contributed by atoms with van der Waals surface area (Å²) >= 11 is 0. The zero-order valence-electron chi connectivity index (χ0n) is 15.5. The number of hydrogen-bond acceptors (Lipinski definition) is 2. The minimum atomic E-state index is 0. The lowest BCUT2D eigenvalue weighted by Crippen LogP contribution is -2.68. The van der Waals surface area contributed by atoms with Crippen molar-refractivity contribution in [2.75, 3.05) is 19.7 Å². The first-order valence-electron chi connectivity index (χ1n) is 9.35. The topological polar surface area (TPSA) is 36.9 Å². The standard InChI is InChI=1S/C20H29N3O.HI/c1-4-21-19(22-17-16-10-12-24-18(16)20(17,2)3)23-11-9-14-7-5-6-8-15(14)13-23;/h5-8,16-18H,4,9-13H2,1-3H3,(H,21,22);1H. The van der Waals surface area contributed by atoms with E-state index in [2.05, 4.69) is 55.3 Å². The molecule has 1 saturated heterocycles. The number of benzene rings is 1. The molecule has 1 aromatic rings. The van der Waals surface area contributed by atoms with Crippen LogP contribution in [-0.4, -0.2) is 42.7 Å². The van der Waals surface area contributed by atoms with Crippen LogP contribution < -0.4 is 5.32 Å². The fourth-order valence-corrected chi connectivity index (χ4v) is 4.82. The first-order chi connectivity index (χ1) is 11.6. The predicted molar refractivity (Wildman–Crippen MR) is 112 cm³/mol. The van der Waals surface area contributed by atoms with E-state index in [1.54, 1.807) is 0 Å². The fourth-order valence-electron chi connectivity index (χ4n) is 4.82. The highest BCUT2D eigenvalue weighted by Gasteiger charge is 2.59. The Morgan fingerprint density at radius 2 is 2.08 bits per heavy atom. The van der Waals surface area contributed by atoms with Crippen molar-refractivity contribution in [3.63, 3.8) is 0 Å². The Labute approximate surface area is 168 Å². The minimum absolute atomic E-state index is 0. The first kappa shape index (κ1) is 19.0. The van der Waals surface area contributed by atoms with Crippen molar-refractivity contribution in [2.45, 2.75) is 52.3 Å². The molecule has 4 rings (SSSR count). The van der Waals surface area contributed by atoms with Crippen LogP contribution in [0.3, 0.4) is 0 Å². The van der Waals surface area contributed by atoms with Crippen molar-refractivity contribution >= 4 is 29.9 Å². The van der Waals surface area contributed by atoms with Crippen molar-refractivity contribution < 1.29 is 4.74 Å². The van der Waals surface area contributed by atoms with Gasteiger partial charge in [0.1, 0.15) is 0 Å². The summed E-state index contributed by atoms with van der Waals surface area (Å²) in [4.78, 5) is 7.23. The Morgan fingerprint density at radius 3 is 2.84 bits per heavy atom. The fraction of sp³-hybridized carbons (Fsp3) is 0.650. The van der Waals surface area contributed by atoms with Crippen molar-refractivity contribution in [3.05, 3.63) is 35.4 Å². The SMILES string of the molecule is CCN=C(NC1C2CCOC2C1(C)C)N1CCc2ccccc2C1.I. The highest BCUT2D eigenvalue weighted by atomic mass is 127. The second-order valence-electron chi connectivity index (χ2n) is 7.93. The summed E-state index contributed by atoms with van der Waals surface area (Å²) in [5.41, 5.74) is 3.10. The highest BCUT2D eigenvalue weighted by Crippen LogP contribution is 2.52. The smallest absolute Gasteiger partial charge is 0.194 e. The Bertz CT molecular complexity index is 646. The molecule has 3 unspecified atom stereocenters. The van der Waals surface area contributed by atoms with Gasteiger partial charge in [0.25, 0.3) is 0 Å². The van der Waals surface area contributed by atoms with Crippen molar-refractivity contribution in [3.8, 4) is 0 Å². The summed E-state index contributed by atoms with van der Waals surface area (Å²) in [6, 6.07) is 9.26. The van der Waals surface area contributed by atoms with Crippen LogP contribution in [0.4, 0.5) is 0 Å². The summed E-state index contributed by atoms with van der Waals surface area (Å²) in [6.07, 6.45) is 2.69. The van der Waals surface area contributed by atoms with Crippen LogP contribution in [0.25, 0.3) is 0 Å². The lowest BCUT2D eigenvalue weighted by atomic mass is 9.57. The maximum Gasteiger partial charge on any atom is 0.194 e. The lowest BCUT2D eigenvalue weighted by molar-refractivity contribution is -0.107. The van der Waals surface area contributed by atoms with Gasteiger partial charge in [-0.2, -0.15) is 0 Å². The van der Waals surface area contributed by atoms with Crippen LogP contribution in [0.1, 0.15) is 38.3 Å². The molecule has 2 fully saturated rings. The van der Waals surface area contributed by atoms with Crippen LogP contribution in [-0.2, 0) is 17.7 Å². The number of hydrogen-bond donors (Lipinski definition) is 1. The third-order valence-corrected chi connectivity index (χ3v) is 6.12. The summed E-state index contributed by atoms with van der Waals surface area (Å²) < 4.78 is 5.94. The molecule has 3 atom stereocenters. The van der Waals surface area contributed by atoms with Gasteiger partial charge in [-0.3, -0.25) is 4.99 Å². The Hall–Kier alpha value is -0.820. The van der Waals surface area contributed by atoms with Gasteiger partial charge in [0, 0.05) is 43.6 Å². The monoisotopic (exact) mass is 455 g/mol. The van der Waals surface area contributed by atoms with Crippen LogP contribution in [0.15, 0.2) is 29.3 Å². The van der Waals surface area contributed by atoms with Crippen molar-refractivity contribution in [1.29, 1.82) is 0 Å². The van der Waals surface area contributed by atoms with E-state index in [0.717, 1.165) is 38.6 Å². The van der Waals surface area contributed by atoms with E-state index in [1.807, 2.05) is 0 Å². The number of rotatable bonds is 2. The van der Waals surface area contributed by atoms with Gasteiger partial charge in [-0.15, -0.1) is 24.0 Å². The highest BCUT2D eigenvalue weighted by molar-refractivity contribution is 14.0. The molecule has 0 amide bonds. The van der Waals surface area contributed by atoms with E-state index < -0.39 is 0 Å². The largest absolute Gasteiger partial charge is 0.377 e. The van der Waals surface area contributed by atoms with Gasteiger partial charge in [-0.1, -0.05) is 38.1 Å². The third kappa shape index (κ3) is 3.29. The molecule has 0 aromatic heterocycles. The Balaban J connectivity index is 0.00000182. The molecule has 3 aliphatic rings. The number of aliphatic imine (C=N–C) groups is 1. The first-order valence-corrected chi connectivity index (χ1v) is 9.35. The summed E-state index contributed by atoms with van der Waals surface area (Å²) in [5.74, 6) is 1.72. The maximum atomic E-state index is 5.94. The van der Waals surface area contributed by atoms with E-state index in [-0.39, 0.29) is 29.4 Å². The van der Waals surface area contributed by atoms with Gasteiger partial charge in [0.2, 0.25) is 0 Å². The molecule has 1 saturated carbocycles. The number of nitrogens with one attached hydrogen (secondary N) is 1. The molecule has 0 bridgehead atoms. The molecule has 138 valence electrons. The summed E-state index contributed by atoms with van der Waals surface area (Å²) in [6.45, 7) is 10.5. The molecule has 1 aliphatic carbocycles. The molecular formula is C20H30IN3O. The van der Waals surface area contributed by atoms with Crippen molar-refractivity contribution in [1.82, 2.24) is 10.2 Å². The van der Waals surface area contributed by atoms with E-state index in [1.165, 1.54) is 17.5 Å². The Morgan fingerprint density at radius 1 is 1.32 bits per heavy atom. The van der Waals surface area contributed by atoms with Gasteiger partial charge in [0.05, 0.1) is 6.10 Å².